The summed E-state index contributed by atoms with van der Waals surface area (Å²) in [5, 5.41) is 0. The van der Waals surface area contributed by atoms with Crippen LogP contribution in [0.25, 0.3) is 0 Å². The summed E-state index contributed by atoms with van der Waals surface area (Å²) in [4.78, 5) is 4.50. The topological polar surface area (TPSA) is 50.3 Å². The molecule has 4 nitrogen and oxygen atoms in total. The highest BCUT2D eigenvalue weighted by atomic mass is 32.2. The molecule has 106 valence electrons. The van der Waals surface area contributed by atoms with Gasteiger partial charge >= 0.3 is 0 Å². The van der Waals surface area contributed by atoms with Crippen molar-refractivity contribution in [1.82, 2.24) is 9.29 Å². The van der Waals surface area contributed by atoms with Crippen molar-refractivity contribution in [2.75, 3.05) is 7.05 Å². The van der Waals surface area contributed by atoms with Gasteiger partial charge in [-0.05, 0) is 37.6 Å². The van der Waals surface area contributed by atoms with Crippen LogP contribution in [-0.2, 0) is 16.6 Å². The molecule has 1 aromatic heterocycles. The molecule has 0 spiro atoms. The van der Waals surface area contributed by atoms with Crippen molar-refractivity contribution in [2.24, 2.45) is 0 Å². The average Bonchev–Trinajstić information content (AvgIpc) is 2.39. The molecule has 20 heavy (non-hydrogen) atoms. The normalized spacial score (nSPS) is 11.8. The standard InChI is InChI=1S/C15H18N2O2S/c1-12-7-8-15(13(2)10-12)20(18,19)17(3)11-14-6-4-5-9-16-14/h4-10H,11H2,1-3H3. The molecule has 2 aromatic rings. The molecular formula is C15H18N2O2S. The first-order chi connectivity index (χ1) is 9.41. The Hall–Kier alpha value is -1.72. The molecule has 2 rings (SSSR count). The maximum absolute atomic E-state index is 12.6. The monoisotopic (exact) mass is 290 g/mol. The van der Waals surface area contributed by atoms with Crippen LogP contribution < -0.4 is 0 Å². The highest BCUT2D eigenvalue weighted by Gasteiger charge is 2.22. The van der Waals surface area contributed by atoms with Crippen LogP contribution >= 0.6 is 0 Å². The third-order valence-electron chi connectivity index (χ3n) is 3.13. The van der Waals surface area contributed by atoms with Gasteiger partial charge in [0.2, 0.25) is 10.0 Å². The fourth-order valence-corrected chi connectivity index (χ4v) is 3.41. The van der Waals surface area contributed by atoms with Gasteiger partial charge in [0.15, 0.2) is 0 Å². The molecule has 1 heterocycles. The quantitative estimate of drug-likeness (QED) is 0.869. The maximum Gasteiger partial charge on any atom is 0.243 e. The Morgan fingerprint density at radius 3 is 2.50 bits per heavy atom. The molecule has 0 N–H and O–H groups in total. The largest absolute Gasteiger partial charge is 0.260 e. The van der Waals surface area contributed by atoms with Crippen molar-refractivity contribution in [1.29, 1.82) is 0 Å². The minimum absolute atomic E-state index is 0.260. The minimum atomic E-state index is -3.49. The summed E-state index contributed by atoms with van der Waals surface area (Å²) in [6.07, 6.45) is 1.66. The Bertz CT molecular complexity index is 697. The van der Waals surface area contributed by atoms with Crippen LogP contribution in [0.3, 0.4) is 0 Å². The maximum atomic E-state index is 12.6. The van der Waals surface area contributed by atoms with E-state index >= 15 is 0 Å². The van der Waals surface area contributed by atoms with E-state index < -0.39 is 10.0 Å². The number of sulfonamides is 1. The van der Waals surface area contributed by atoms with Crippen molar-refractivity contribution in [3.05, 3.63) is 59.4 Å². The van der Waals surface area contributed by atoms with Crippen LogP contribution in [0, 0.1) is 13.8 Å². The average molecular weight is 290 g/mol. The third-order valence-corrected chi connectivity index (χ3v) is 5.09. The van der Waals surface area contributed by atoms with Gasteiger partial charge in [0.1, 0.15) is 0 Å². The molecule has 0 aliphatic heterocycles. The van der Waals surface area contributed by atoms with Gasteiger partial charge in [-0.25, -0.2) is 8.42 Å². The molecule has 0 aliphatic carbocycles. The van der Waals surface area contributed by atoms with Gasteiger partial charge in [-0.1, -0.05) is 23.8 Å². The lowest BCUT2D eigenvalue weighted by molar-refractivity contribution is 0.461. The Morgan fingerprint density at radius 2 is 1.90 bits per heavy atom. The Morgan fingerprint density at radius 1 is 1.15 bits per heavy atom. The van der Waals surface area contributed by atoms with E-state index in [0.717, 1.165) is 16.8 Å². The Labute approximate surface area is 120 Å². The Balaban J connectivity index is 2.30. The number of nitrogens with zero attached hydrogens (tertiary/aromatic N) is 2. The molecule has 0 amide bonds. The predicted molar refractivity (Wildman–Crippen MR) is 78.8 cm³/mol. The molecule has 0 atom stereocenters. The van der Waals surface area contributed by atoms with E-state index in [9.17, 15) is 8.42 Å². The summed E-state index contributed by atoms with van der Waals surface area (Å²) in [5.41, 5.74) is 2.54. The van der Waals surface area contributed by atoms with Crippen LogP contribution in [0.5, 0.6) is 0 Å². The number of pyridine rings is 1. The Kier molecular flexibility index (Phi) is 4.20. The van der Waals surface area contributed by atoms with Crippen molar-refractivity contribution < 1.29 is 8.42 Å². The predicted octanol–water partition coefficient (Wildman–Crippen LogP) is 2.52. The van der Waals surface area contributed by atoms with Gasteiger partial charge in [-0.15, -0.1) is 0 Å². The summed E-state index contributed by atoms with van der Waals surface area (Å²) in [5.74, 6) is 0. The number of hydrogen-bond donors (Lipinski definition) is 0. The van der Waals surface area contributed by atoms with E-state index in [1.165, 1.54) is 4.31 Å². The van der Waals surface area contributed by atoms with Gasteiger partial charge in [-0.3, -0.25) is 4.98 Å². The van der Waals surface area contributed by atoms with Crippen molar-refractivity contribution in [3.8, 4) is 0 Å². The summed E-state index contributed by atoms with van der Waals surface area (Å²) in [6, 6.07) is 10.8. The van der Waals surface area contributed by atoms with Crippen LogP contribution in [0.4, 0.5) is 0 Å². The first kappa shape index (κ1) is 14.7. The van der Waals surface area contributed by atoms with Gasteiger partial charge in [0.05, 0.1) is 17.1 Å². The summed E-state index contributed by atoms with van der Waals surface area (Å²) in [6.45, 7) is 4.02. The molecule has 0 fully saturated rings. The number of benzene rings is 1. The zero-order valence-corrected chi connectivity index (χ0v) is 12.7. The molecule has 1 aromatic carbocycles. The molecule has 0 radical (unpaired) electrons. The zero-order chi connectivity index (χ0) is 14.8. The van der Waals surface area contributed by atoms with Crippen LogP contribution in [0.15, 0.2) is 47.5 Å². The second kappa shape index (κ2) is 5.73. The second-order valence-electron chi connectivity index (χ2n) is 4.85. The lowest BCUT2D eigenvalue weighted by atomic mass is 10.2. The molecule has 0 aliphatic rings. The molecule has 0 saturated carbocycles. The second-order valence-corrected chi connectivity index (χ2v) is 6.86. The van der Waals surface area contributed by atoms with E-state index in [4.69, 9.17) is 0 Å². The van der Waals surface area contributed by atoms with Crippen molar-refractivity contribution >= 4 is 10.0 Å². The first-order valence-corrected chi connectivity index (χ1v) is 7.79. The highest BCUT2D eigenvalue weighted by Crippen LogP contribution is 2.21. The van der Waals surface area contributed by atoms with E-state index in [1.807, 2.05) is 44.2 Å². The summed E-state index contributed by atoms with van der Waals surface area (Å²) in [7, 11) is -1.92. The van der Waals surface area contributed by atoms with Crippen molar-refractivity contribution in [3.63, 3.8) is 0 Å². The number of hydrogen-bond acceptors (Lipinski definition) is 3. The van der Waals surface area contributed by atoms with Crippen LogP contribution in [0.2, 0.25) is 0 Å². The zero-order valence-electron chi connectivity index (χ0n) is 11.9. The van der Waals surface area contributed by atoms with Gasteiger partial charge in [-0.2, -0.15) is 4.31 Å². The first-order valence-electron chi connectivity index (χ1n) is 6.35. The summed E-state index contributed by atoms with van der Waals surface area (Å²) < 4.78 is 26.5. The molecule has 0 bridgehead atoms. The molecule has 0 unspecified atom stereocenters. The minimum Gasteiger partial charge on any atom is -0.260 e. The number of aryl methyl sites for hydroxylation is 2. The molecule has 5 heteroatoms. The fraction of sp³-hybridized carbons (Fsp3) is 0.267. The van der Waals surface area contributed by atoms with E-state index in [1.54, 1.807) is 19.3 Å². The fourth-order valence-electron chi connectivity index (χ4n) is 2.06. The van der Waals surface area contributed by atoms with E-state index in [-0.39, 0.29) is 6.54 Å². The van der Waals surface area contributed by atoms with Crippen molar-refractivity contribution in [2.45, 2.75) is 25.3 Å². The lowest BCUT2D eigenvalue weighted by Gasteiger charge is -2.18. The van der Waals surface area contributed by atoms with Gasteiger partial charge in [0, 0.05) is 13.2 Å². The number of rotatable bonds is 4. The van der Waals surface area contributed by atoms with Crippen LogP contribution in [-0.4, -0.2) is 24.8 Å². The number of aromatic nitrogens is 1. The smallest absolute Gasteiger partial charge is 0.243 e. The van der Waals surface area contributed by atoms with Crippen LogP contribution in [0.1, 0.15) is 16.8 Å². The lowest BCUT2D eigenvalue weighted by Crippen LogP contribution is -2.27. The molecular weight excluding hydrogens is 272 g/mol. The van der Waals surface area contributed by atoms with Gasteiger partial charge < -0.3 is 0 Å². The van der Waals surface area contributed by atoms with E-state index in [2.05, 4.69) is 4.98 Å². The van der Waals surface area contributed by atoms with E-state index in [0.29, 0.717) is 4.90 Å². The molecule has 0 saturated heterocycles. The third kappa shape index (κ3) is 3.05. The van der Waals surface area contributed by atoms with Gasteiger partial charge in [0.25, 0.3) is 0 Å². The highest BCUT2D eigenvalue weighted by molar-refractivity contribution is 7.89. The SMILES string of the molecule is Cc1ccc(S(=O)(=O)N(C)Cc2ccccn2)c(C)c1. The summed E-state index contributed by atoms with van der Waals surface area (Å²) >= 11 is 0.